The summed E-state index contributed by atoms with van der Waals surface area (Å²) >= 11 is 0. The first-order valence-corrected chi connectivity index (χ1v) is 5.77. The minimum absolute atomic E-state index is 0.0271. The van der Waals surface area contributed by atoms with Crippen LogP contribution in [-0.2, 0) is 11.2 Å². The van der Waals surface area contributed by atoms with E-state index < -0.39 is 0 Å². The van der Waals surface area contributed by atoms with Gasteiger partial charge in [-0.1, -0.05) is 6.92 Å². The number of nitrogens with two attached hydrogens (primary N) is 2. The smallest absolute Gasteiger partial charge is 0.123 e. The van der Waals surface area contributed by atoms with Gasteiger partial charge < -0.3 is 10.5 Å². The lowest BCUT2D eigenvalue weighted by Gasteiger charge is -2.35. The summed E-state index contributed by atoms with van der Waals surface area (Å²) in [6.07, 6.45) is 3.33. The van der Waals surface area contributed by atoms with Gasteiger partial charge in [0.15, 0.2) is 0 Å². The van der Waals surface area contributed by atoms with Crippen LogP contribution >= 0.6 is 0 Å². The molecule has 0 aromatic carbocycles. The zero-order valence-corrected chi connectivity index (χ0v) is 10.7. The lowest BCUT2D eigenvalue weighted by molar-refractivity contribution is -0.0288. The van der Waals surface area contributed by atoms with Gasteiger partial charge in [-0.05, 0) is 37.5 Å². The highest BCUT2D eigenvalue weighted by Crippen LogP contribution is 2.22. The van der Waals surface area contributed by atoms with E-state index in [-0.39, 0.29) is 11.6 Å². The monoisotopic (exact) mass is 238 g/mol. The second-order valence-corrected chi connectivity index (χ2v) is 4.38. The van der Waals surface area contributed by atoms with Crippen LogP contribution in [0.15, 0.2) is 18.3 Å². The van der Waals surface area contributed by atoms with Crippen molar-refractivity contribution in [1.29, 1.82) is 0 Å². The summed E-state index contributed by atoms with van der Waals surface area (Å²) < 4.78 is 5.55. The number of nitrogens with zero attached hydrogens (tertiary/aromatic N) is 1. The molecule has 0 saturated carbocycles. The maximum Gasteiger partial charge on any atom is 0.123 e. The summed E-state index contributed by atoms with van der Waals surface area (Å²) in [5.74, 6) is 6.14. The molecule has 0 spiro atoms. The molecule has 5 nitrogen and oxygen atoms in total. The number of anilines is 1. The van der Waals surface area contributed by atoms with Crippen LogP contribution < -0.4 is 17.0 Å². The molecule has 2 unspecified atom stereocenters. The Morgan fingerprint density at radius 1 is 1.59 bits per heavy atom. The Bertz CT molecular complexity index is 352. The van der Waals surface area contributed by atoms with E-state index in [1.165, 1.54) is 0 Å². The van der Waals surface area contributed by atoms with Crippen molar-refractivity contribution < 1.29 is 4.74 Å². The van der Waals surface area contributed by atoms with Gasteiger partial charge in [-0.25, -0.2) is 4.98 Å². The fourth-order valence-electron chi connectivity index (χ4n) is 1.84. The van der Waals surface area contributed by atoms with E-state index in [1.54, 1.807) is 13.3 Å². The number of hydrogen-bond donors (Lipinski definition) is 3. The Hall–Kier alpha value is -1.17. The minimum Gasteiger partial charge on any atom is -0.384 e. The largest absolute Gasteiger partial charge is 0.384 e. The van der Waals surface area contributed by atoms with Crippen molar-refractivity contribution in [3.05, 3.63) is 23.9 Å². The van der Waals surface area contributed by atoms with Gasteiger partial charge >= 0.3 is 0 Å². The van der Waals surface area contributed by atoms with Gasteiger partial charge in [0.2, 0.25) is 0 Å². The summed E-state index contributed by atoms with van der Waals surface area (Å²) in [6.45, 7) is 4.12. The molecule has 5 N–H and O–H groups in total. The Morgan fingerprint density at radius 2 is 2.29 bits per heavy atom. The third-order valence-electron chi connectivity index (χ3n) is 3.39. The highest BCUT2D eigenvalue weighted by molar-refractivity contribution is 5.32. The molecular weight excluding hydrogens is 216 g/mol. The average molecular weight is 238 g/mol. The Labute approximate surface area is 103 Å². The molecule has 0 fully saturated rings. The van der Waals surface area contributed by atoms with Crippen molar-refractivity contribution >= 4 is 5.82 Å². The molecule has 0 bridgehead atoms. The van der Waals surface area contributed by atoms with Crippen LogP contribution in [-0.4, -0.2) is 23.7 Å². The summed E-state index contributed by atoms with van der Waals surface area (Å²) in [5.41, 5.74) is 9.28. The third-order valence-corrected chi connectivity index (χ3v) is 3.39. The molecule has 0 aliphatic heterocycles. The van der Waals surface area contributed by atoms with E-state index in [1.807, 2.05) is 19.1 Å². The van der Waals surface area contributed by atoms with E-state index >= 15 is 0 Å². The molecule has 0 radical (unpaired) electrons. The lowest BCUT2D eigenvalue weighted by atomic mass is 9.89. The minimum atomic E-state index is -0.299. The van der Waals surface area contributed by atoms with Gasteiger partial charge in [-0.15, -0.1) is 0 Å². The van der Waals surface area contributed by atoms with Gasteiger partial charge in [0.1, 0.15) is 5.82 Å². The summed E-state index contributed by atoms with van der Waals surface area (Å²) in [4.78, 5) is 3.97. The molecule has 1 aromatic rings. The lowest BCUT2D eigenvalue weighted by Crippen LogP contribution is -2.53. The number of pyridine rings is 1. The van der Waals surface area contributed by atoms with E-state index in [0.717, 1.165) is 18.4 Å². The van der Waals surface area contributed by atoms with Gasteiger partial charge in [-0.3, -0.25) is 11.3 Å². The third kappa shape index (κ3) is 3.39. The maximum absolute atomic E-state index is 5.66. The number of aromatic nitrogens is 1. The highest BCUT2D eigenvalue weighted by Gasteiger charge is 2.31. The molecule has 1 aromatic heterocycles. The second kappa shape index (κ2) is 5.95. The topological polar surface area (TPSA) is 86.2 Å². The number of ether oxygens (including phenoxy) is 1. The molecule has 5 heteroatoms. The molecular formula is C12H22N4O. The zero-order valence-electron chi connectivity index (χ0n) is 10.7. The standard InChI is InChI=1S/C12H22N4O/c1-4-12(2,17-3)10(16-14)7-9-5-6-15-11(13)8-9/h5-6,8,10,16H,4,7,14H2,1-3H3,(H2,13,15). The van der Waals surface area contributed by atoms with Crippen LogP contribution in [0.2, 0.25) is 0 Å². The maximum atomic E-state index is 5.66. The zero-order chi connectivity index (χ0) is 12.9. The predicted molar refractivity (Wildman–Crippen MR) is 69.2 cm³/mol. The highest BCUT2D eigenvalue weighted by atomic mass is 16.5. The molecule has 96 valence electrons. The Morgan fingerprint density at radius 3 is 2.76 bits per heavy atom. The average Bonchev–Trinajstić information content (AvgIpc) is 2.35. The number of hydrazine groups is 1. The number of rotatable bonds is 6. The van der Waals surface area contributed by atoms with Crippen molar-refractivity contribution in [1.82, 2.24) is 10.4 Å². The van der Waals surface area contributed by atoms with Crippen LogP contribution in [0.1, 0.15) is 25.8 Å². The van der Waals surface area contributed by atoms with E-state index in [9.17, 15) is 0 Å². The number of nitrogen functional groups attached to an aromatic ring is 1. The fourth-order valence-corrected chi connectivity index (χ4v) is 1.84. The van der Waals surface area contributed by atoms with Crippen LogP contribution in [0.5, 0.6) is 0 Å². The molecule has 1 heterocycles. The van der Waals surface area contributed by atoms with E-state index in [2.05, 4.69) is 17.3 Å². The molecule has 0 amide bonds. The van der Waals surface area contributed by atoms with Gasteiger partial charge in [0.25, 0.3) is 0 Å². The number of methoxy groups -OCH3 is 1. The molecule has 0 aliphatic rings. The van der Waals surface area contributed by atoms with Crippen molar-refractivity contribution in [3.63, 3.8) is 0 Å². The molecule has 0 saturated heterocycles. The summed E-state index contributed by atoms with van der Waals surface area (Å²) in [6, 6.07) is 3.82. The normalized spacial score (nSPS) is 16.5. The van der Waals surface area contributed by atoms with Crippen molar-refractivity contribution in [2.45, 2.75) is 38.3 Å². The molecule has 2 atom stereocenters. The Balaban J connectivity index is 2.83. The first-order chi connectivity index (χ1) is 8.05. The van der Waals surface area contributed by atoms with Gasteiger partial charge in [-0.2, -0.15) is 0 Å². The van der Waals surface area contributed by atoms with Crippen LogP contribution in [0, 0.1) is 0 Å². The van der Waals surface area contributed by atoms with Crippen molar-refractivity contribution in [2.75, 3.05) is 12.8 Å². The van der Waals surface area contributed by atoms with E-state index in [0.29, 0.717) is 5.82 Å². The second-order valence-electron chi connectivity index (χ2n) is 4.38. The predicted octanol–water partition coefficient (Wildman–Crippen LogP) is 0.853. The quantitative estimate of drug-likeness (QED) is 0.505. The van der Waals surface area contributed by atoms with Crippen molar-refractivity contribution in [2.24, 2.45) is 5.84 Å². The van der Waals surface area contributed by atoms with Crippen LogP contribution in [0.25, 0.3) is 0 Å². The van der Waals surface area contributed by atoms with E-state index in [4.69, 9.17) is 16.3 Å². The number of hydrogen-bond acceptors (Lipinski definition) is 5. The SMILES string of the molecule is CCC(C)(OC)C(Cc1ccnc(N)c1)NN. The van der Waals surface area contributed by atoms with Crippen LogP contribution in [0.4, 0.5) is 5.82 Å². The first-order valence-electron chi connectivity index (χ1n) is 5.77. The van der Waals surface area contributed by atoms with Crippen LogP contribution in [0.3, 0.4) is 0 Å². The van der Waals surface area contributed by atoms with Gasteiger partial charge in [0, 0.05) is 13.3 Å². The van der Waals surface area contributed by atoms with Gasteiger partial charge in [0.05, 0.1) is 11.6 Å². The summed E-state index contributed by atoms with van der Waals surface area (Å²) in [5, 5.41) is 0. The summed E-state index contributed by atoms with van der Waals surface area (Å²) in [7, 11) is 1.70. The first kappa shape index (κ1) is 13.9. The molecule has 0 aliphatic carbocycles. The Kier molecular flexibility index (Phi) is 4.86. The molecule has 1 rings (SSSR count). The number of nitrogens with one attached hydrogen (secondary N) is 1. The fraction of sp³-hybridized carbons (Fsp3) is 0.583. The molecule has 17 heavy (non-hydrogen) atoms. The van der Waals surface area contributed by atoms with Crippen molar-refractivity contribution in [3.8, 4) is 0 Å².